The molecule has 2 aromatic carbocycles. The molecule has 2 aromatic rings. The average molecular weight is 426 g/mol. The van der Waals surface area contributed by atoms with E-state index >= 15 is 0 Å². The van der Waals surface area contributed by atoms with Crippen LogP contribution in [0, 0.1) is 6.92 Å². The lowest BCUT2D eigenvalue weighted by Crippen LogP contribution is -2.54. The largest absolute Gasteiger partial charge is 0.493 e. The van der Waals surface area contributed by atoms with Gasteiger partial charge >= 0.3 is 0 Å². The molecule has 0 N–H and O–H groups in total. The first kappa shape index (κ1) is 23.1. The lowest BCUT2D eigenvalue weighted by atomic mass is 10.1. The monoisotopic (exact) mass is 425 g/mol. The van der Waals surface area contributed by atoms with Gasteiger partial charge in [-0.3, -0.25) is 14.6 Å². The van der Waals surface area contributed by atoms with Crippen molar-refractivity contribution in [2.75, 3.05) is 51.8 Å². The van der Waals surface area contributed by atoms with Crippen molar-refractivity contribution >= 4 is 11.6 Å². The minimum atomic E-state index is -0.134. The van der Waals surface area contributed by atoms with E-state index in [-0.39, 0.29) is 11.9 Å². The highest BCUT2D eigenvalue weighted by Gasteiger charge is 2.29. The fourth-order valence-corrected chi connectivity index (χ4v) is 4.20. The Kier molecular flexibility index (Phi) is 7.93. The van der Waals surface area contributed by atoms with Crippen molar-refractivity contribution in [1.29, 1.82) is 0 Å². The number of hydrogen-bond acceptors (Lipinski definition) is 5. The minimum absolute atomic E-state index is 0.134. The van der Waals surface area contributed by atoms with E-state index in [1.807, 2.05) is 55.1 Å². The van der Waals surface area contributed by atoms with Crippen LogP contribution in [0.4, 0.5) is 5.69 Å². The molecule has 1 saturated heterocycles. The Bertz CT molecular complexity index is 864. The van der Waals surface area contributed by atoms with Crippen LogP contribution in [0.5, 0.6) is 11.5 Å². The molecule has 0 spiro atoms. The van der Waals surface area contributed by atoms with Gasteiger partial charge in [-0.2, -0.15) is 0 Å². The molecule has 6 nitrogen and oxygen atoms in total. The lowest BCUT2D eigenvalue weighted by molar-refractivity contribution is -0.124. The molecule has 0 unspecified atom stereocenters. The summed E-state index contributed by atoms with van der Waals surface area (Å²) in [6.45, 7) is 11.3. The van der Waals surface area contributed by atoms with Gasteiger partial charge in [-0.25, -0.2) is 0 Å². The normalized spacial score (nSPS) is 16.0. The maximum Gasteiger partial charge on any atom is 0.244 e. The molecule has 0 saturated carbocycles. The maximum atomic E-state index is 13.2. The highest BCUT2D eigenvalue weighted by molar-refractivity contribution is 5.96. The van der Waals surface area contributed by atoms with Crippen LogP contribution in [-0.2, 0) is 11.3 Å². The smallest absolute Gasteiger partial charge is 0.244 e. The topological polar surface area (TPSA) is 45.3 Å². The molecule has 1 aliphatic heterocycles. The molecule has 1 heterocycles. The van der Waals surface area contributed by atoms with Gasteiger partial charge in [0, 0.05) is 45.0 Å². The number of methoxy groups -OCH3 is 2. The first-order chi connectivity index (χ1) is 15.0. The van der Waals surface area contributed by atoms with E-state index in [0.717, 1.165) is 49.9 Å². The van der Waals surface area contributed by atoms with Gasteiger partial charge in [-0.1, -0.05) is 18.2 Å². The van der Waals surface area contributed by atoms with Gasteiger partial charge in [0.25, 0.3) is 0 Å². The Balaban J connectivity index is 1.60. The highest BCUT2D eigenvalue weighted by atomic mass is 16.5. The first-order valence-corrected chi connectivity index (χ1v) is 11.0. The van der Waals surface area contributed by atoms with Gasteiger partial charge in [0.15, 0.2) is 11.5 Å². The number of carbonyl (C=O) groups is 1. The van der Waals surface area contributed by atoms with Crippen molar-refractivity contribution in [1.82, 2.24) is 9.80 Å². The number of rotatable bonds is 8. The number of benzene rings is 2. The van der Waals surface area contributed by atoms with E-state index in [1.165, 1.54) is 11.1 Å². The molecule has 31 heavy (non-hydrogen) atoms. The third-order valence-corrected chi connectivity index (χ3v) is 6.20. The number of aryl methyl sites for hydroxylation is 1. The second-order valence-electron chi connectivity index (χ2n) is 8.04. The molecule has 1 fully saturated rings. The van der Waals surface area contributed by atoms with E-state index in [9.17, 15) is 4.79 Å². The number of carbonyl (C=O) groups excluding carboxylic acids is 1. The zero-order chi connectivity index (χ0) is 22.4. The molecular weight excluding hydrogens is 390 g/mol. The Morgan fingerprint density at radius 2 is 1.65 bits per heavy atom. The van der Waals surface area contributed by atoms with Crippen molar-refractivity contribution in [3.63, 3.8) is 0 Å². The van der Waals surface area contributed by atoms with Crippen molar-refractivity contribution < 1.29 is 14.3 Å². The van der Waals surface area contributed by atoms with Crippen molar-refractivity contribution in [3.05, 3.63) is 53.6 Å². The predicted molar refractivity (Wildman–Crippen MR) is 125 cm³/mol. The van der Waals surface area contributed by atoms with Crippen LogP contribution in [0.25, 0.3) is 0 Å². The van der Waals surface area contributed by atoms with E-state index in [2.05, 4.69) is 22.8 Å². The zero-order valence-corrected chi connectivity index (χ0v) is 19.4. The van der Waals surface area contributed by atoms with Crippen molar-refractivity contribution in [2.45, 2.75) is 33.4 Å². The zero-order valence-electron chi connectivity index (χ0n) is 19.4. The summed E-state index contributed by atoms with van der Waals surface area (Å²) in [5.74, 6) is 1.69. The molecule has 1 atom stereocenters. The summed E-state index contributed by atoms with van der Waals surface area (Å²) in [6, 6.07) is 13.9. The molecular formula is C25H35N3O3. The SMILES string of the molecule is CCN(C(=O)[C@@H](C)N1CCN(Cc2cc(OC)c(OC)cc2C)CC1)c1ccccc1. The summed E-state index contributed by atoms with van der Waals surface area (Å²) in [5.41, 5.74) is 3.41. The fourth-order valence-electron chi connectivity index (χ4n) is 4.20. The van der Waals surface area contributed by atoms with Crippen LogP contribution in [-0.4, -0.2) is 68.7 Å². The molecule has 0 bridgehead atoms. The van der Waals surface area contributed by atoms with Gasteiger partial charge in [-0.15, -0.1) is 0 Å². The van der Waals surface area contributed by atoms with Crippen LogP contribution in [0.3, 0.4) is 0 Å². The number of anilines is 1. The van der Waals surface area contributed by atoms with Crippen molar-refractivity contribution in [3.8, 4) is 11.5 Å². The molecule has 0 radical (unpaired) electrons. The molecule has 0 aliphatic carbocycles. The summed E-state index contributed by atoms with van der Waals surface area (Å²) in [5, 5.41) is 0. The van der Waals surface area contributed by atoms with Crippen LogP contribution in [0.2, 0.25) is 0 Å². The van der Waals surface area contributed by atoms with Gasteiger partial charge in [-0.05, 0) is 56.2 Å². The summed E-state index contributed by atoms with van der Waals surface area (Å²) in [7, 11) is 3.33. The summed E-state index contributed by atoms with van der Waals surface area (Å²) < 4.78 is 10.9. The molecule has 168 valence electrons. The maximum absolute atomic E-state index is 13.2. The first-order valence-electron chi connectivity index (χ1n) is 11.0. The average Bonchev–Trinajstić information content (AvgIpc) is 2.81. The van der Waals surface area contributed by atoms with Crippen molar-refractivity contribution in [2.24, 2.45) is 0 Å². The van der Waals surface area contributed by atoms with E-state index in [1.54, 1.807) is 14.2 Å². The second kappa shape index (κ2) is 10.6. The third-order valence-electron chi connectivity index (χ3n) is 6.20. The summed E-state index contributed by atoms with van der Waals surface area (Å²) in [4.78, 5) is 19.8. The van der Waals surface area contributed by atoms with Crippen LogP contribution < -0.4 is 14.4 Å². The number of piperazine rings is 1. The third kappa shape index (κ3) is 5.38. The highest BCUT2D eigenvalue weighted by Crippen LogP contribution is 2.31. The van der Waals surface area contributed by atoms with Crippen LogP contribution in [0.15, 0.2) is 42.5 Å². The summed E-state index contributed by atoms with van der Waals surface area (Å²) in [6.07, 6.45) is 0. The quantitative estimate of drug-likeness (QED) is 0.647. The van der Waals surface area contributed by atoms with Gasteiger partial charge in [0.05, 0.1) is 20.3 Å². The molecule has 1 amide bonds. The van der Waals surface area contributed by atoms with Gasteiger partial charge in [0.1, 0.15) is 0 Å². The predicted octanol–water partition coefficient (Wildman–Crippen LogP) is 3.57. The molecule has 1 aliphatic rings. The fraction of sp³-hybridized carbons (Fsp3) is 0.480. The Morgan fingerprint density at radius 1 is 1.03 bits per heavy atom. The summed E-state index contributed by atoms with van der Waals surface area (Å²) >= 11 is 0. The number of likely N-dealkylation sites (N-methyl/N-ethyl adjacent to an activating group) is 1. The number of nitrogens with zero attached hydrogens (tertiary/aromatic N) is 3. The second-order valence-corrected chi connectivity index (χ2v) is 8.04. The van der Waals surface area contributed by atoms with E-state index in [4.69, 9.17) is 9.47 Å². The lowest BCUT2D eigenvalue weighted by Gasteiger charge is -2.39. The standard InChI is InChI=1S/C25H35N3O3/c1-6-28(22-10-8-7-9-11-22)25(29)20(3)27-14-12-26(13-15-27)18-21-17-24(31-5)23(30-4)16-19(21)2/h7-11,16-17,20H,6,12-15,18H2,1-5H3/t20-/m1/s1. The van der Waals surface area contributed by atoms with Gasteiger partial charge < -0.3 is 14.4 Å². The van der Waals surface area contributed by atoms with Gasteiger partial charge in [0.2, 0.25) is 5.91 Å². The Morgan fingerprint density at radius 3 is 2.23 bits per heavy atom. The van der Waals surface area contributed by atoms with Crippen LogP contribution in [0.1, 0.15) is 25.0 Å². The van der Waals surface area contributed by atoms with E-state index < -0.39 is 0 Å². The number of hydrogen-bond donors (Lipinski definition) is 0. The number of amides is 1. The van der Waals surface area contributed by atoms with E-state index in [0.29, 0.717) is 6.54 Å². The minimum Gasteiger partial charge on any atom is -0.493 e. The molecule has 0 aromatic heterocycles. The van der Waals surface area contributed by atoms with Crippen LogP contribution >= 0.6 is 0 Å². The molecule has 3 rings (SSSR count). The molecule has 6 heteroatoms. The Labute approximate surface area is 186 Å². The number of ether oxygens (including phenoxy) is 2. The number of para-hydroxylation sites is 1. The Hall–Kier alpha value is -2.57.